The predicted octanol–water partition coefficient (Wildman–Crippen LogP) is 2.66. The van der Waals surface area contributed by atoms with Crippen molar-refractivity contribution in [2.24, 2.45) is 0 Å². The zero-order valence-electron chi connectivity index (χ0n) is 17.6. The van der Waals surface area contributed by atoms with Crippen molar-refractivity contribution in [2.45, 2.75) is 46.4 Å². The van der Waals surface area contributed by atoms with Crippen LogP contribution < -0.4 is 11.2 Å². The van der Waals surface area contributed by atoms with E-state index in [0.29, 0.717) is 17.9 Å². The van der Waals surface area contributed by atoms with Gasteiger partial charge in [-0.1, -0.05) is 25.1 Å². The van der Waals surface area contributed by atoms with Gasteiger partial charge in [0.15, 0.2) is 0 Å². The van der Waals surface area contributed by atoms with E-state index in [4.69, 9.17) is 4.74 Å². The second-order valence-electron chi connectivity index (χ2n) is 7.43. The number of rotatable bonds is 7. The minimum Gasteiger partial charge on any atom is -0.459 e. The van der Waals surface area contributed by atoms with Gasteiger partial charge < -0.3 is 4.74 Å². The van der Waals surface area contributed by atoms with Gasteiger partial charge in [0.2, 0.25) is 0 Å². The molecule has 0 spiro atoms. The molecule has 0 saturated heterocycles. The lowest BCUT2D eigenvalue weighted by atomic mass is 10.3. The molecule has 0 aliphatic carbocycles. The summed E-state index contributed by atoms with van der Waals surface area (Å²) in [5, 5.41) is 0. The second kappa shape index (κ2) is 8.59. The fraction of sp³-hybridized carbons (Fsp3) is 0.304. The Labute approximate surface area is 178 Å². The molecule has 0 fully saturated rings. The molecule has 0 N–H and O–H groups in total. The molecule has 0 unspecified atom stereocenters. The van der Waals surface area contributed by atoms with Crippen molar-refractivity contribution >= 4 is 22.6 Å². The van der Waals surface area contributed by atoms with Gasteiger partial charge in [-0.15, -0.1) is 0 Å². The topological polar surface area (TPSA) is 87.6 Å². The Kier molecular flexibility index (Phi) is 5.70. The number of carbonyl (C=O) groups excluding carboxylic acids is 1. The van der Waals surface area contributed by atoms with E-state index in [2.05, 4.69) is 4.98 Å². The first kappa shape index (κ1) is 20.6. The number of aromatic nitrogens is 4. The number of nitrogens with zero attached hydrogens (tertiary/aromatic N) is 4. The van der Waals surface area contributed by atoms with E-state index in [1.807, 2.05) is 50.2 Å². The van der Waals surface area contributed by atoms with Crippen LogP contribution in [0.25, 0.3) is 16.7 Å². The molecule has 31 heavy (non-hydrogen) atoms. The van der Waals surface area contributed by atoms with E-state index in [9.17, 15) is 14.4 Å². The van der Waals surface area contributed by atoms with Crippen LogP contribution in [0.3, 0.4) is 0 Å². The molecule has 8 nitrogen and oxygen atoms in total. The number of ether oxygens (including phenoxy) is 1. The number of para-hydroxylation sites is 2. The average molecular weight is 420 g/mol. The normalized spacial score (nSPS) is 11.3. The smallest absolute Gasteiger partial charge is 0.329 e. The minimum atomic E-state index is -0.453. The van der Waals surface area contributed by atoms with Crippen molar-refractivity contribution in [1.29, 1.82) is 0 Å². The Morgan fingerprint density at radius 2 is 1.71 bits per heavy atom. The third-order valence-electron chi connectivity index (χ3n) is 5.23. The monoisotopic (exact) mass is 420 g/mol. The van der Waals surface area contributed by atoms with Crippen LogP contribution >= 0.6 is 0 Å². The lowest BCUT2D eigenvalue weighted by Gasteiger charge is -2.08. The summed E-state index contributed by atoms with van der Waals surface area (Å²) >= 11 is 0. The molecule has 3 aromatic heterocycles. The molecule has 8 heteroatoms. The van der Waals surface area contributed by atoms with Crippen LogP contribution in [0, 0.1) is 6.92 Å². The molecule has 0 aliphatic rings. The van der Waals surface area contributed by atoms with Crippen LogP contribution in [-0.2, 0) is 29.2 Å². The molecule has 4 rings (SSSR count). The SMILES string of the molecule is CCCn1c(=O)n(CCC(=O)OCc2cc(=O)n3c(C)cccc3n2)c2ccccc21. The van der Waals surface area contributed by atoms with Gasteiger partial charge in [-0.05, 0) is 37.6 Å². The molecule has 0 bridgehead atoms. The summed E-state index contributed by atoms with van der Waals surface area (Å²) in [6, 6.07) is 14.3. The van der Waals surface area contributed by atoms with Crippen LogP contribution in [0.4, 0.5) is 0 Å². The standard InChI is InChI=1S/C23H24N4O4/c1-3-12-25-18-8-4-5-9-19(18)26(23(25)30)13-11-22(29)31-15-17-14-21(28)27-16(2)7-6-10-20(27)24-17/h4-10,14H,3,11-13,15H2,1-2H3. The third-order valence-corrected chi connectivity index (χ3v) is 5.23. The van der Waals surface area contributed by atoms with Gasteiger partial charge in [0.25, 0.3) is 5.56 Å². The summed E-state index contributed by atoms with van der Waals surface area (Å²) < 4.78 is 10.2. The van der Waals surface area contributed by atoms with Crippen molar-refractivity contribution < 1.29 is 9.53 Å². The summed E-state index contributed by atoms with van der Waals surface area (Å²) in [6.07, 6.45) is 0.889. The van der Waals surface area contributed by atoms with Gasteiger partial charge in [-0.25, -0.2) is 9.78 Å². The number of hydrogen-bond donors (Lipinski definition) is 0. The Bertz CT molecular complexity index is 1380. The molecule has 0 amide bonds. The van der Waals surface area contributed by atoms with E-state index in [1.54, 1.807) is 15.2 Å². The highest BCUT2D eigenvalue weighted by atomic mass is 16.5. The van der Waals surface area contributed by atoms with E-state index in [1.165, 1.54) is 10.5 Å². The zero-order chi connectivity index (χ0) is 22.0. The van der Waals surface area contributed by atoms with Crippen LogP contribution in [0.1, 0.15) is 31.2 Å². The fourth-order valence-corrected chi connectivity index (χ4v) is 3.80. The van der Waals surface area contributed by atoms with Crippen LogP contribution in [-0.4, -0.2) is 24.5 Å². The number of hydrogen-bond acceptors (Lipinski definition) is 5. The van der Waals surface area contributed by atoms with Gasteiger partial charge in [0, 0.05) is 24.8 Å². The summed E-state index contributed by atoms with van der Waals surface area (Å²) in [5.41, 5.74) is 2.99. The summed E-state index contributed by atoms with van der Waals surface area (Å²) in [4.78, 5) is 41.8. The molecular formula is C23H24N4O4. The average Bonchev–Trinajstić information content (AvgIpc) is 3.02. The quantitative estimate of drug-likeness (QED) is 0.429. The van der Waals surface area contributed by atoms with Crippen LogP contribution in [0.2, 0.25) is 0 Å². The zero-order valence-corrected chi connectivity index (χ0v) is 17.6. The molecule has 0 atom stereocenters. The molecule has 160 valence electrons. The number of pyridine rings is 1. The van der Waals surface area contributed by atoms with E-state index >= 15 is 0 Å². The number of aryl methyl sites for hydroxylation is 3. The first-order valence-corrected chi connectivity index (χ1v) is 10.3. The van der Waals surface area contributed by atoms with E-state index in [0.717, 1.165) is 23.1 Å². The van der Waals surface area contributed by atoms with Crippen molar-refractivity contribution in [3.8, 4) is 0 Å². The highest BCUT2D eigenvalue weighted by molar-refractivity contribution is 5.76. The maximum Gasteiger partial charge on any atom is 0.329 e. The summed E-state index contributed by atoms with van der Waals surface area (Å²) in [5.74, 6) is -0.453. The first-order valence-electron chi connectivity index (χ1n) is 10.3. The van der Waals surface area contributed by atoms with Crippen molar-refractivity contribution in [3.05, 3.63) is 80.8 Å². The Balaban J connectivity index is 1.46. The van der Waals surface area contributed by atoms with Crippen molar-refractivity contribution in [3.63, 3.8) is 0 Å². The molecule has 0 saturated carbocycles. The van der Waals surface area contributed by atoms with Gasteiger partial charge >= 0.3 is 11.7 Å². The molecule has 0 aliphatic heterocycles. The molecule has 3 heterocycles. The Morgan fingerprint density at radius 1 is 1.00 bits per heavy atom. The van der Waals surface area contributed by atoms with Gasteiger partial charge in [0.1, 0.15) is 12.3 Å². The highest BCUT2D eigenvalue weighted by Gasteiger charge is 2.14. The van der Waals surface area contributed by atoms with Gasteiger partial charge in [-0.2, -0.15) is 0 Å². The number of fused-ring (bicyclic) bond motifs is 2. The maximum absolute atomic E-state index is 12.8. The van der Waals surface area contributed by atoms with Gasteiger partial charge in [0.05, 0.1) is 23.1 Å². The van der Waals surface area contributed by atoms with Crippen molar-refractivity contribution in [1.82, 2.24) is 18.5 Å². The second-order valence-corrected chi connectivity index (χ2v) is 7.43. The summed E-state index contributed by atoms with van der Waals surface area (Å²) in [6.45, 7) is 4.60. The predicted molar refractivity (Wildman–Crippen MR) is 117 cm³/mol. The maximum atomic E-state index is 12.8. The minimum absolute atomic E-state index is 0.0473. The van der Waals surface area contributed by atoms with Crippen LogP contribution in [0.15, 0.2) is 58.1 Å². The highest BCUT2D eigenvalue weighted by Crippen LogP contribution is 2.14. The lowest BCUT2D eigenvalue weighted by molar-refractivity contribution is -0.145. The fourth-order valence-electron chi connectivity index (χ4n) is 3.80. The van der Waals surface area contributed by atoms with Gasteiger partial charge in [-0.3, -0.25) is 23.1 Å². The Morgan fingerprint density at radius 3 is 2.42 bits per heavy atom. The molecule has 1 aromatic carbocycles. The van der Waals surface area contributed by atoms with E-state index < -0.39 is 5.97 Å². The van der Waals surface area contributed by atoms with Crippen LogP contribution in [0.5, 0.6) is 0 Å². The number of esters is 1. The molecule has 0 radical (unpaired) electrons. The number of benzene rings is 1. The Hall–Kier alpha value is -3.68. The summed E-state index contributed by atoms with van der Waals surface area (Å²) in [7, 11) is 0. The largest absolute Gasteiger partial charge is 0.459 e. The molecule has 4 aromatic rings. The third kappa shape index (κ3) is 4.01. The number of carbonyl (C=O) groups is 1. The first-order chi connectivity index (χ1) is 15.0. The lowest BCUT2D eigenvalue weighted by Crippen LogP contribution is -2.25. The molecular weight excluding hydrogens is 396 g/mol. The van der Waals surface area contributed by atoms with Crippen molar-refractivity contribution in [2.75, 3.05) is 0 Å². The number of imidazole rings is 1. The van der Waals surface area contributed by atoms with E-state index in [-0.39, 0.29) is 30.8 Å².